The minimum Gasteiger partial charge on any atom is -0.358 e. The van der Waals surface area contributed by atoms with E-state index < -0.39 is 23.4 Å². The van der Waals surface area contributed by atoms with Crippen LogP contribution in [0, 0.1) is 5.92 Å². The zero-order chi connectivity index (χ0) is 25.1. The lowest BCUT2D eigenvalue weighted by Crippen LogP contribution is -2.49. The van der Waals surface area contributed by atoms with Gasteiger partial charge in [-0.05, 0) is 40.3 Å². The fourth-order valence-electron chi connectivity index (χ4n) is 6.51. The maximum atomic E-state index is 14.5. The molecule has 1 amide bonds. The number of thiophene rings is 1. The number of para-hydroxylation sites is 1. The molecule has 1 spiro atoms. The average molecular weight is 503 g/mol. The molecule has 3 aliphatic heterocycles. The zero-order valence-electron chi connectivity index (χ0n) is 19.7. The van der Waals surface area contributed by atoms with E-state index in [-0.39, 0.29) is 17.5 Å². The first kappa shape index (κ1) is 21.9. The van der Waals surface area contributed by atoms with Crippen molar-refractivity contribution in [1.82, 2.24) is 4.90 Å². The Morgan fingerprint density at radius 2 is 1.59 bits per heavy atom. The van der Waals surface area contributed by atoms with Crippen molar-refractivity contribution in [2.24, 2.45) is 5.92 Å². The lowest BCUT2D eigenvalue weighted by molar-refractivity contribution is -0.122. The van der Waals surface area contributed by atoms with Crippen LogP contribution in [0.4, 0.5) is 5.69 Å². The summed E-state index contributed by atoms with van der Waals surface area (Å²) in [6.45, 7) is 0. The number of amides is 1. The number of fused-ring (bicyclic) bond motifs is 6. The first-order chi connectivity index (χ1) is 18.1. The maximum absolute atomic E-state index is 14.5. The second kappa shape index (κ2) is 8.11. The Balaban J connectivity index is 1.56. The van der Waals surface area contributed by atoms with Gasteiger partial charge in [0, 0.05) is 17.5 Å². The Bertz CT molecular complexity index is 1590. The molecule has 0 radical (unpaired) electrons. The number of rotatable bonds is 4. The molecule has 3 aromatic carbocycles. The molecule has 4 heterocycles. The van der Waals surface area contributed by atoms with Gasteiger partial charge in [-0.15, -0.1) is 11.3 Å². The molecule has 0 saturated carbocycles. The zero-order valence-corrected chi connectivity index (χ0v) is 20.5. The molecule has 0 bridgehead atoms. The number of hydrogen-bond acceptors (Lipinski definition) is 5. The molecule has 37 heavy (non-hydrogen) atoms. The molecule has 6 heteroatoms. The second-order valence-corrected chi connectivity index (χ2v) is 10.6. The summed E-state index contributed by atoms with van der Waals surface area (Å²) in [5.41, 5.74) is 2.57. The maximum Gasteiger partial charge on any atom is 0.238 e. The lowest BCUT2D eigenvalue weighted by atomic mass is 9.63. The molecule has 3 aliphatic rings. The quantitative estimate of drug-likeness (QED) is 0.362. The summed E-state index contributed by atoms with van der Waals surface area (Å²) in [5.74, 6) is -1.53. The molecule has 7 rings (SSSR count). The molecule has 4 aromatic rings. The minimum absolute atomic E-state index is 0.146. The fourth-order valence-corrected chi connectivity index (χ4v) is 7.21. The molecule has 1 saturated heterocycles. The van der Waals surface area contributed by atoms with E-state index in [1.54, 1.807) is 18.2 Å². The number of hydrogen-bond donors (Lipinski definition) is 1. The van der Waals surface area contributed by atoms with Crippen molar-refractivity contribution in [3.8, 4) is 0 Å². The molecule has 180 valence electrons. The Labute approximate surface area is 218 Å². The molecule has 4 atom stereocenters. The van der Waals surface area contributed by atoms with Crippen LogP contribution in [0.15, 0.2) is 103 Å². The van der Waals surface area contributed by atoms with E-state index in [1.165, 1.54) is 11.3 Å². The molecular weight excluding hydrogens is 480 g/mol. The Morgan fingerprint density at radius 3 is 2.41 bits per heavy atom. The van der Waals surface area contributed by atoms with Gasteiger partial charge in [0.25, 0.3) is 0 Å². The van der Waals surface area contributed by atoms with Crippen molar-refractivity contribution in [3.63, 3.8) is 0 Å². The van der Waals surface area contributed by atoms with E-state index in [1.807, 2.05) is 95.4 Å². The number of nitrogens with one attached hydrogen (secondary N) is 1. The van der Waals surface area contributed by atoms with Crippen LogP contribution in [0.2, 0.25) is 0 Å². The highest BCUT2D eigenvalue weighted by molar-refractivity contribution is 7.12. The van der Waals surface area contributed by atoms with E-state index in [9.17, 15) is 14.4 Å². The Morgan fingerprint density at radius 1 is 0.838 bits per heavy atom. The number of nitrogens with zero attached hydrogens (tertiary/aromatic N) is 1. The number of benzene rings is 3. The van der Waals surface area contributed by atoms with E-state index in [4.69, 9.17) is 0 Å². The summed E-state index contributed by atoms with van der Waals surface area (Å²) in [4.78, 5) is 45.6. The van der Waals surface area contributed by atoms with Crippen molar-refractivity contribution in [1.29, 1.82) is 0 Å². The summed E-state index contributed by atoms with van der Waals surface area (Å²) in [6, 6.07) is 26.8. The summed E-state index contributed by atoms with van der Waals surface area (Å²) in [6.07, 6.45) is 3.87. The van der Waals surface area contributed by atoms with Gasteiger partial charge in [-0.25, -0.2) is 0 Å². The van der Waals surface area contributed by atoms with Crippen molar-refractivity contribution >= 4 is 40.6 Å². The average Bonchev–Trinajstić information content (AvgIpc) is 3.65. The summed E-state index contributed by atoms with van der Waals surface area (Å²) in [7, 11) is 0. The summed E-state index contributed by atoms with van der Waals surface area (Å²) >= 11 is 1.36. The second-order valence-electron chi connectivity index (χ2n) is 9.66. The molecule has 1 N–H and O–H groups in total. The molecule has 0 aliphatic carbocycles. The number of carbonyl (C=O) groups excluding carboxylic acids is 3. The topological polar surface area (TPSA) is 66.5 Å². The monoisotopic (exact) mass is 502 g/mol. The smallest absolute Gasteiger partial charge is 0.238 e. The van der Waals surface area contributed by atoms with Crippen LogP contribution in [0.25, 0.3) is 6.08 Å². The summed E-state index contributed by atoms with van der Waals surface area (Å²) < 4.78 is 0. The van der Waals surface area contributed by atoms with Gasteiger partial charge >= 0.3 is 0 Å². The highest BCUT2D eigenvalue weighted by atomic mass is 32.1. The van der Waals surface area contributed by atoms with Crippen LogP contribution in [0.3, 0.4) is 0 Å². The van der Waals surface area contributed by atoms with Gasteiger partial charge in [0.15, 0.2) is 11.6 Å². The van der Waals surface area contributed by atoms with Crippen molar-refractivity contribution < 1.29 is 14.4 Å². The van der Waals surface area contributed by atoms with Crippen LogP contribution < -0.4 is 5.32 Å². The van der Waals surface area contributed by atoms with Gasteiger partial charge in [-0.1, -0.05) is 78.9 Å². The van der Waals surface area contributed by atoms with Crippen LogP contribution in [-0.2, 0) is 10.2 Å². The third-order valence-electron chi connectivity index (χ3n) is 7.94. The molecule has 1 fully saturated rings. The number of ketones is 2. The highest BCUT2D eigenvalue weighted by Crippen LogP contribution is 2.62. The largest absolute Gasteiger partial charge is 0.358 e. The van der Waals surface area contributed by atoms with E-state index in [2.05, 4.69) is 5.32 Å². The van der Waals surface area contributed by atoms with Gasteiger partial charge in [0.2, 0.25) is 5.91 Å². The van der Waals surface area contributed by atoms with Crippen LogP contribution in [0.1, 0.15) is 42.8 Å². The first-order valence-electron chi connectivity index (χ1n) is 12.2. The van der Waals surface area contributed by atoms with Gasteiger partial charge in [-0.2, -0.15) is 0 Å². The molecular formula is C31H22N2O3S. The molecule has 0 unspecified atom stereocenters. The number of carbonyl (C=O) groups is 3. The third-order valence-corrected chi connectivity index (χ3v) is 8.83. The lowest BCUT2D eigenvalue weighted by Gasteiger charge is -2.38. The van der Waals surface area contributed by atoms with Crippen molar-refractivity contribution in [2.75, 3.05) is 5.32 Å². The number of Topliss-reactive ketones (excluding diaryl/α,β-unsaturated/α-hetero) is 2. The minimum atomic E-state index is -1.29. The van der Waals surface area contributed by atoms with Crippen LogP contribution in [-0.4, -0.2) is 28.4 Å². The van der Waals surface area contributed by atoms with Crippen molar-refractivity contribution in [2.45, 2.75) is 17.5 Å². The Hall–Kier alpha value is -4.29. The predicted octanol–water partition coefficient (Wildman–Crippen LogP) is 5.73. The number of anilines is 1. The van der Waals surface area contributed by atoms with Gasteiger partial charge in [0.1, 0.15) is 11.5 Å². The molecule has 5 nitrogen and oxygen atoms in total. The third kappa shape index (κ3) is 2.93. The Kier molecular flexibility index (Phi) is 4.81. The SMILES string of the molecule is O=C(c1cccs1)[C@@H]1[C@H](C(=O)c2ccccc2)[C@]2(C(=O)Nc3ccccc32)[C@@H]2c3ccccc3C=CN12. The highest BCUT2D eigenvalue weighted by Gasteiger charge is 2.70. The van der Waals surface area contributed by atoms with E-state index in [0.29, 0.717) is 16.1 Å². The van der Waals surface area contributed by atoms with Crippen LogP contribution in [0.5, 0.6) is 0 Å². The first-order valence-corrected chi connectivity index (χ1v) is 13.1. The van der Waals surface area contributed by atoms with Crippen LogP contribution >= 0.6 is 11.3 Å². The van der Waals surface area contributed by atoms with Gasteiger partial charge in [0.05, 0.1) is 16.8 Å². The van der Waals surface area contributed by atoms with E-state index >= 15 is 0 Å². The van der Waals surface area contributed by atoms with Gasteiger partial charge in [-0.3, -0.25) is 14.4 Å². The predicted molar refractivity (Wildman–Crippen MR) is 144 cm³/mol. The standard InChI is InChI=1S/C31H22N2O3S/c34-27(20-10-2-1-3-11-20)25-26(28(35)24-15-8-18-37-24)33-17-16-19-9-4-5-12-21(19)29(33)31(25)22-13-6-7-14-23(22)32-30(31)36/h1-18,25-26,29H,(H,32,36)/t25-,26+,29+,31+/m1/s1. The van der Waals surface area contributed by atoms with E-state index in [0.717, 1.165) is 16.7 Å². The summed E-state index contributed by atoms with van der Waals surface area (Å²) in [5, 5.41) is 4.94. The van der Waals surface area contributed by atoms with Crippen molar-refractivity contribution in [3.05, 3.63) is 130 Å². The normalized spacial score (nSPS) is 24.9. The fraction of sp³-hybridized carbons (Fsp3) is 0.129. The molecule has 1 aromatic heterocycles. The van der Waals surface area contributed by atoms with Gasteiger partial charge < -0.3 is 10.2 Å².